The number of anilines is 1. The van der Waals surface area contributed by atoms with Crippen LogP contribution in [0.1, 0.15) is 29.5 Å². The lowest BCUT2D eigenvalue weighted by molar-refractivity contribution is 0.383. The first-order valence-electron chi connectivity index (χ1n) is 6.65. The van der Waals surface area contributed by atoms with Gasteiger partial charge in [-0.2, -0.15) is 5.26 Å². The SMILES string of the molecule is CN(C)CCn1c(N)c(C#N)c2c(c1=S)CCCC2. The molecule has 0 fully saturated rings. The smallest absolute Gasteiger partial charge is 0.122 e. The number of hydrogen-bond acceptors (Lipinski definition) is 4. The van der Waals surface area contributed by atoms with E-state index in [2.05, 4.69) is 11.0 Å². The lowest BCUT2D eigenvalue weighted by Crippen LogP contribution is -2.23. The third kappa shape index (κ3) is 2.65. The normalized spacial score (nSPS) is 14.2. The van der Waals surface area contributed by atoms with Crippen LogP contribution in [-0.2, 0) is 19.4 Å². The molecule has 0 aliphatic heterocycles. The van der Waals surface area contributed by atoms with Crippen molar-refractivity contribution in [2.45, 2.75) is 32.2 Å². The first-order valence-corrected chi connectivity index (χ1v) is 7.06. The Morgan fingerprint density at radius 2 is 1.95 bits per heavy atom. The Kier molecular flexibility index (Phi) is 4.23. The minimum atomic E-state index is 0.537. The predicted molar refractivity (Wildman–Crippen MR) is 79.6 cm³/mol. The summed E-state index contributed by atoms with van der Waals surface area (Å²) in [5.41, 5.74) is 9.07. The fourth-order valence-electron chi connectivity index (χ4n) is 2.63. The van der Waals surface area contributed by atoms with Crippen molar-refractivity contribution in [2.75, 3.05) is 26.4 Å². The van der Waals surface area contributed by atoms with Gasteiger partial charge in [0.15, 0.2) is 0 Å². The Bertz CT molecular complexity index is 581. The minimum absolute atomic E-state index is 0.537. The van der Waals surface area contributed by atoms with Crippen molar-refractivity contribution in [3.63, 3.8) is 0 Å². The molecule has 0 bridgehead atoms. The van der Waals surface area contributed by atoms with E-state index in [0.29, 0.717) is 11.4 Å². The number of nitriles is 1. The predicted octanol–water partition coefficient (Wildman–Crippen LogP) is 2.11. The first-order chi connectivity index (χ1) is 9.06. The number of hydrogen-bond donors (Lipinski definition) is 1. The molecule has 1 heterocycles. The summed E-state index contributed by atoms with van der Waals surface area (Å²) >= 11 is 5.58. The van der Waals surface area contributed by atoms with Gasteiger partial charge in [0.2, 0.25) is 0 Å². The quantitative estimate of drug-likeness (QED) is 0.859. The molecule has 2 rings (SSSR count). The van der Waals surface area contributed by atoms with Crippen LogP contribution < -0.4 is 5.73 Å². The second kappa shape index (κ2) is 5.72. The molecule has 1 aromatic heterocycles. The summed E-state index contributed by atoms with van der Waals surface area (Å²) in [6.07, 6.45) is 4.18. The summed E-state index contributed by atoms with van der Waals surface area (Å²) in [4.78, 5) is 2.09. The highest BCUT2D eigenvalue weighted by Gasteiger charge is 2.20. The zero-order valence-electron chi connectivity index (χ0n) is 11.6. The maximum Gasteiger partial charge on any atom is 0.122 e. The van der Waals surface area contributed by atoms with E-state index in [1.807, 2.05) is 18.7 Å². The highest BCUT2D eigenvalue weighted by Crippen LogP contribution is 2.29. The van der Waals surface area contributed by atoms with Gasteiger partial charge in [0.1, 0.15) is 16.5 Å². The fourth-order valence-corrected chi connectivity index (χ4v) is 3.04. The van der Waals surface area contributed by atoms with Gasteiger partial charge in [-0.3, -0.25) is 0 Å². The maximum absolute atomic E-state index is 9.38. The lowest BCUT2D eigenvalue weighted by atomic mass is 9.90. The fraction of sp³-hybridized carbons (Fsp3) is 0.571. The molecule has 1 aliphatic rings. The van der Waals surface area contributed by atoms with E-state index < -0.39 is 0 Å². The number of fused-ring (bicyclic) bond motifs is 1. The molecule has 1 aromatic rings. The molecule has 0 radical (unpaired) electrons. The van der Waals surface area contributed by atoms with E-state index in [1.165, 1.54) is 5.56 Å². The van der Waals surface area contributed by atoms with Crippen LogP contribution in [0.2, 0.25) is 0 Å². The van der Waals surface area contributed by atoms with Crippen molar-refractivity contribution >= 4 is 18.0 Å². The lowest BCUT2D eigenvalue weighted by Gasteiger charge is -2.23. The van der Waals surface area contributed by atoms with Crippen LogP contribution in [0.5, 0.6) is 0 Å². The maximum atomic E-state index is 9.38. The summed E-state index contributed by atoms with van der Waals surface area (Å²) in [5.74, 6) is 0.537. The zero-order valence-corrected chi connectivity index (χ0v) is 12.4. The van der Waals surface area contributed by atoms with Crippen molar-refractivity contribution in [3.8, 4) is 6.07 Å². The van der Waals surface area contributed by atoms with Crippen LogP contribution in [0.3, 0.4) is 0 Å². The molecule has 0 spiro atoms. The van der Waals surface area contributed by atoms with Crippen LogP contribution in [0.4, 0.5) is 5.82 Å². The number of nitrogens with zero attached hydrogens (tertiary/aromatic N) is 3. The molecule has 5 heteroatoms. The standard InChI is InChI=1S/C14H20N4S/c1-17(2)7-8-18-13(16)12(9-15)10-5-3-4-6-11(10)14(18)19/h3-8,16H2,1-2H3. The van der Waals surface area contributed by atoms with Gasteiger partial charge in [0, 0.05) is 13.1 Å². The van der Waals surface area contributed by atoms with Crippen LogP contribution in [0.25, 0.3) is 0 Å². The van der Waals surface area contributed by atoms with Crippen molar-refractivity contribution in [1.82, 2.24) is 9.47 Å². The Balaban J connectivity index is 2.55. The molecule has 102 valence electrons. The molecule has 0 amide bonds. The molecular formula is C14H20N4S. The van der Waals surface area contributed by atoms with Gasteiger partial charge in [-0.15, -0.1) is 0 Å². The van der Waals surface area contributed by atoms with Crippen molar-refractivity contribution < 1.29 is 0 Å². The number of nitrogens with two attached hydrogens (primary N) is 1. The van der Waals surface area contributed by atoms with Crippen LogP contribution in [0.15, 0.2) is 0 Å². The number of rotatable bonds is 3. The molecule has 0 saturated heterocycles. The van der Waals surface area contributed by atoms with Gasteiger partial charge >= 0.3 is 0 Å². The second-order valence-electron chi connectivity index (χ2n) is 5.30. The average molecular weight is 276 g/mol. The van der Waals surface area contributed by atoms with E-state index in [-0.39, 0.29) is 0 Å². The van der Waals surface area contributed by atoms with Crippen molar-refractivity contribution in [1.29, 1.82) is 5.26 Å². The average Bonchev–Trinajstić information content (AvgIpc) is 2.39. The van der Waals surface area contributed by atoms with E-state index in [9.17, 15) is 5.26 Å². The van der Waals surface area contributed by atoms with Crippen molar-refractivity contribution in [3.05, 3.63) is 21.3 Å². The van der Waals surface area contributed by atoms with Crippen LogP contribution in [0, 0.1) is 16.0 Å². The molecule has 1 aliphatic carbocycles. The summed E-state index contributed by atoms with van der Waals surface area (Å²) in [6, 6.07) is 2.27. The Labute approximate surface area is 119 Å². The van der Waals surface area contributed by atoms with Gasteiger partial charge in [0.25, 0.3) is 0 Å². The van der Waals surface area contributed by atoms with Gasteiger partial charge in [-0.25, -0.2) is 0 Å². The highest BCUT2D eigenvalue weighted by atomic mass is 32.1. The van der Waals surface area contributed by atoms with Gasteiger partial charge in [0.05, 0.1) is 5.56 Å². The number of pyridine rings is 1. The van der Waals surface area contributed by atoms with Gasteiger partial charge in [-0.05, 0) is 50.9 Å². The Morgan fingerprint density at radius 3 is 2.53 bits per heavy atom. The molecule has 0 aromatic carbocycles. The number of likely N-dealkylation sites (N-methyl/N-ethyl adjacent to an activating group) is 1. The topological polar surface area (TPSA) is 58.0 Å². The Morgan fingerprint density at radius 1 is 1.32 bits per heavy atom. The van der Waals surface area contributed by atoms with Crippen LogP contribution >= 0.6 is 12.2 Å². The van der Waals surface area contributed by atoms with E-state index >= 15 is 0 Å². The zero-order chi connectivity index (χ0) is 14.0. The first kappa shape index (κ1) is 14.0. The summed E-state index contributed by atoms with van der Waals surface area (Å²) in [7, 11) is 4.03. The molecule has 2 N–H and O–H groups in total. The number of nitrogen functional groups attached to an aromatic ring is 1. The molecule has 0 unspecified atom stereocenters. The second-order valence-corrected chi connectivity index (χ2v) is 5.68. The minimum Gasteiger partial charge on any atom is -0.384 e. The van der Waals surface area contributed by atoms with Gasteiger partial charge in [-0.1, -0.05) is 12.2 Å². The molecule has 19 heavy (non-hydrogen) atoms. The van der Waals surface area contributed by atoms with Gasteiger partial charge < -0.3 is 15.2 Å². The third-order valence-electron chi connectivity index (χ3n) is 3.70. The van der Waals surface area contributed by atoms with E-state index in [4.69, 9.17) is 18.0 Å². The largest absolute Gasteiger partial charge is 0.384 e. The monoisotopic (exact) mass is 276 g/mol. The van der Waals surface area contributed by atoms with Crippen molar-refractivity contribution in [2.24, 2.45) is 0 Å². The third-order valence-corrected chi connectivity index (χ3v) is 4.17. The molecular weight excluding hydrogens is 256 g/mol. The molecule has 0 saturated carbocycles. The highest BCUT2D eigenvalue weighted by molar-refractivity contribution is 7.71. The Hall–Kier alpha value is -1.38. The number of aromatic nitrogens is 1. The van der Waals surface area contributed by atoms with E-state index in [0.717, 1.165) is 49.0 Å². The summed E-state index contributed by atoms with van der Waals surface area (Å²) in [5, 5.41) is 9.38. The molecule has 4 nitrogen and oxygen atoms in total. The van der Waals surface area contributed by atoms with Crippen LogP contribution in [-0.4, -0.2) is 30.1 Å². The summed E-state index contributed by atoms with van der Waals surface area (Å²) in [6.45, 7) is 1.60. The molecule has 0 atom stereocenters. The van der Waals surface area contributed by atoms with E-state index in [1.54, 1.807) is 0 Å². The summed E-state index contributed by atoms with van der Waals surface area (Å²) < 4.78 is 2.76.